The van der Waals surface area contributed by atoms with Crippen LogP contribution in [0.4, 0.5) is 4.79 Å². The number of carbonyl (C=O) groups excluding carboxylic acids is 1. The number of benzene rings is 1. The van der Waals surface area contributed by atoms with Crippen molar-refractivity contribution in [3.8, 4) is 11.6 Å². The molecule has 0 aliphatic heterocycles. The van der Waals surface area contributed by atoms with Gasteiger partial charge < -0.3 is 10.1 Å². The topological polar surface area (TPSA) is 68.5 Å². The van der Waals surface area contributed by atoms with Crippen molar-refractivity contribution in [3.05, 3.63) is 48.0 Å². The molecule has 0 atom stereocenters. The molecule has 0 unspecified atom stereocenters. The van der Waals surface area contributed by atoms with E-state index in [4.69, 9.17) is 4.74 Å². The minimum absolute atomic E-state index is 0.411. The van der Waals surface area contributed by atoms with Gasteiger partial charge in [-0.05, 0) is 18.6 Å². The molecular formula is C20H28N4O2. The van der Waals surface area contributed by atoms with Gasteiger partial charge >= 0.3 is 6.03 Å². The Morgan fingerprint density at radius 1 is 1.15 bits per heavy atom. The van der Waals surface area contributed by atoms with Crippen molar-refractivity contribution < 1.29 is 9.53 Å². The Morgan fingerprint density at radius 2 is 1.88 bits per heavy atom. The fourth-order valence-corrected chi connectivity index (χ4v) is 2.56. The van der Waals surface area contributed by atoms with Gasteiger partial charge in [-0.15, -0.1) is 0 Å². The molecule has 2 rings (SSSR count). The third kappa shape index (κ3) is 6.35. The first-order valence-electron chi connectivity index (χ1n) is 9.28. The average Bonchev–Trinajstić information content (AvgIpc) is 2.68. The van der Waals surface area contributed by atoms with Crippen molar-refractivity contribution in [1.29, 1.82) is 0 Å². The number of aromatic nitrogens is 2. The van der Waals surface area contributed by atoms with Gasteiger partial charge in [-0.1, -0.05) is 57.2 Å². The number of unbranched alkanes of at least 4 members (excludes halogenated alkanes) is 5. The van der Waals surface area contributed by atoms with Crippen LogP contribution < -0.4 is 15.4 Å². The molecule has 0 fully saturated rings. The lowest BCUT2D eigenvalue weighted by molar-refractivity contribution is 0.250. The molecule has 140 valence electrons. The standard InChI is InChI=1S/C20H28N4O2/c1-3-4-5-6-7-11-14-26-19-15-17(23-20(25)21-2)16-22-24(19)18-12-9-8-10-13-18/h8-10,12-13,15-16H,3-7,11,14H2,1-2H3,(H,21,25). The van der Waals surface area contributed by atoms with Gasteiger partial charge in [0.15, 0.2) is 0 Å². The third-order valence-electron chi connectivity index (χ3n) is 3.98. The quantitative estimate of drug-likeness (QED) is 0.694. The second-order valence-electron chi connectivity index (χ2n) is 6.08. The molecule has 1 heterocycles. The van der Waals surface area contributed by atoms with E-state index in [0.717, 1.165) is 18.5 Å². The molecule has 0 aliphatic carbocycles. The first-order chi connectivity index (χ1) is 12.7. The van der Waals surface area contributed by atoms with E-state index in [1.807, 2.05) is 30.3 Å². The molecule has 1 aromatic heterocycles. The first-order valence-corrected chi connectivity index (χ1v) is 9.28. The van der Waals surface area contributed by atoms with Crippen LogP contribution in [-0.2, 0) is 0 Å². The second kappa shape index (κ2) is 11.1. The summed E-state index contributed by atoms with van der Waals surface area (Å²) in [5.74, 6) is 0.579. The van der Waals surface area contributed by atoms with Gasteiger partial charge in [-0.25, -0.2) is 9.48 Å². The summed E-state index contributed by atoms with van der Waals surface area (Å²) >= 11 is 0. The highest BCUT2D eigenvalue weighted by Crippen LogP contribution is 2.15. The number of rotatable bonds is 9. The van der Waals surface area contributed by atoms with Crippen LogP contribution in [-0.4, -0.2) is 29.5 Å². The minimum atomic E-state index is -0.411. The number of urea groups is 1. The maximum absolute atomic E-state index is 11.5. The number of nitrogens with zero attached hydrogens (tertiary/aromatic N) is 3. The molecule has 0 aliphatic rings. The van der Waals surface area contributed by atoms with Crippen molar-refractivity contribution in [1.82, 2.24) is 15.1 Å². The van der Waals surface area contributed by atoms with Gasteiger partial charge in [0, 0.05) is 13.1 Å². The highest BCUT2D eigenvalue weighted by atomic mass is 16.5. The molecule has 0 radical (unpaired) electrons. The Balaban J connectivity index is 2.10. The van der Waals surface area contributed by atoms with Crippen LogP contribution in [0.2, 0.25) is 0 Å². The van der Waals surface area contributed by atoms with Crippen LogP contribution in [0.15, 0.2) is 47.6 Å². The van der Waals surface area contributed by atoms with Crippen molar-refractivity contribution in [3.63, 3.8) is 0 Å². The average molecular weight is 356 g/mol. The van der Waals surface area contributed by atoms with E-state index in [-0.39, 0.29) is 0 Å². The lowest BCUT2D eigenvalue weighted by Gasteiger charge is -2.13. The van der Waals surface area contributed by atoms with E-state index in [1.165, 1.54) is 25.7 Å². The van der Waals surface area contributed by atoms with Gasteiger partial charge in [-0.2, -0.15) is 10.1 Å². The monoisotopic (exact) mass is 356 g/mol. The van der Waals surface area contributed by atoms with Gasteiger partial charge in [0.1, 0.15) is 0 Å². The zero-order valence-electron chi connectivity index (χ0n) is 15.6. The van der Waals surface area contributed by atoms with E-state index < -0.39 is 6.03 Å². The zero-order chi connectivity index (χ0) is 18.6. The van der Waals surface area contributed by atoms with E-state index in [9.17, 15) is 4.79 Å². The van der Waals surface area contributed by atoms with Crippen LogP contribution in [0.3, 0.4) is 0 Å². The van der Waals surface area contributed by atoms with Crippen LogP contribution in [0.5, 0.6) is 5.88 Å². The number of hydrogen-bond donors (Lipinski definition) is 1. The molecule has 6 heteroatoms. The lowest BCUT2D eigenvalue weighted by Crippen LogP contribution is -2.19. The van der Waals surface area contributed by atoms with Gasteiger partial charge in [0.05, 0.1) is 23.8 Å². The summed E-state index contributed by atoms with van der Waals surface area (Å²) in [7, 11) is 1.54. The lowest BCUT2D eigenvalue weighted by atomic mass is 10.1. The van der Waals surface area contributed by atoms with E-state index in [1.54, 1.807) is 24.0 Å². The fourth-order valence-electron chi connectivity index (χ4n) is 2.56. The molecule has 26 heavy (non-hydrogen) atoms. The number of carbonyl (C=O) groups is 1. The van der Waals surface area contributed by atoms with Gasteiger partial charge in [0.2, 0.25) is 5.88 Å². The van der Waals surface area contributed by atoms with Crippen molar-refractivity contribution in [2.24, 2.45) is 4.99 Å². The van der Waals surface area contributed by atoms with Crippen molar-refractivity contribution >= 4 is 6.03 Å². The molecular weight excluding hydrogens is 328 g/mol. The van der Waals surface area contributed by atoms with Crippen molar-refractivity contribution in [2.45, 2.75) is 45.4 Å². The summed E-state index contributed by atoms with van der Waals surface area (Å²) in [6, 6.07) is 11.1. The summed E-state index contributed by atoms with van der Waals surface area (Å²) < 4.78 is 7.68. The predicted molar refractivity (Wildman–Crippen MR) is 102 cm³/mol. The Labute approximate surface area is 154 Å². The maximum Gasteiger partial charge on any atom is 0.341 e. The second-order valence-corrected chi connectivity index (χ2v) is 6.08. The normalized spacial score (nSPS) is 11.4. The number of hydrogen-bond acceptors (Lipinski definition) is 3. The van der Waals surface area contributed by atoms with Crippen LogP contribution in [0.25, 0.3) is 5.69 Å². The SMILES string of the molecule is CCCCCCCCOc1cc(=NC(=O)NC)cnn1-c1ccccc1. The summed E-state index contributed by atoms with van der Waals surface area (Å²) in [5, 5.41) is 7.34. The molecule has 1 N–H and O–H groups in total. The predicted octanol–water partition coefficient (Wildman–Crippen LogP) is 3.85. The largest absolute Gasteiger partial charge is 0.478 e. The first kappa shape index (κ1) is 19.7. The van der Waals surface area contributed by atoms with Crippen LogP contribution in [0, 0.1) is 0 Å². The van der Waals surface area contributed by atoms with Gasteiger partial charge in [-0.3, -0.25) is 0 Å². The molecule has 0 saturated carbocycles. The number of ether oxygens (including phenoxy) is 1. The van der Waals surface area contributed by atoms with Gasteiger partial charge in [0.25, 0.3) is 0 Å². The summed E-state index contributed by atoms with van der Waals surface area (Å²) in [6.45, 7) is 2.83. The molecule has 2 amide bonds. The summed E-state index contributed by atoms with van der Waals surface area (Å²) in [6.07, 6.45) is 8.77. The number of para-hydroxylation sites is 1. The Bertz CT molecular complexity index is 741. The highest BCUT2D eigenvalue weighted by molar-refractivity contribution is 5.74. The van der Waals surface area contributed by atoms with Crippen molar-refractivity contribution in [2.75, 3.05) is 13.7 Å². The molecule has 1 aromatic carbocycles. The molecule has 0 saturated heterocycles. The summed E-state index contributed by atoms with van der Waals surface area (Å²) in [5.41, 5.74) is 0.900. The minimum Gasteiger partial charge on any atom is -0.478 e. The Kier molecular flexibility index (Phi) is 8.39. The highest BCUT2D eigenvalue weighted by Gasteiger charge is 2.06. The molecule has 0 bridgehead atoms. The number of nitrogens with one attached hydrogen (secondary N) is 1. The Hall–Kier alpha value is -2.63. The smallest absolute Gasteiger partial charge is 0.341 e. The molecule has 2 aromatic rings. The van der Waals surface area contributed by atoms with Crippen LogP contribution in [0.1, 0.15) is 45.4 Å². The number of amides is 2. The van der Waals surface area contributed by atoms with E-state index in [0.29, 0.717) is 17.8 Å². The Morgan fingerprint density at radius 3 is 2.62 bits per heavy atom. The summed E-state index contributed by atoms with van der Waals surface area (Å²) in [4.78, 5) is 15.4. The molecule has 6 nitrogen and oxygen atoms in total. The zero-order valence-corrected chi connectivity index (χ0v) is 15.6. The maximum atomic E-state index is 11.5. The van der Waals surface area contributed by atoms with E-state index >= 15 is 0 Å². The van der Waals surface area contributed by atoms with Crippen LogP contribution >= 0.6 is 0 Å². The third-order valence-corrected chi connectivity index (χ3v) is 3.98. The fraction of sp³-hybridized carbons (Fsp3) is 0.450. The molecule has 0 spiro atoms. The van der Waals surface area contributed by atoms with E-state index in [2.05, 4.69) is 22.3 Å².